The highest BCUT2D eigenvalue weighted by molar-refractivity contribution is 7.71. The zero-order valence-corrected chi connectivity index (χ0v) is 17.6. The van der Waals surface area contributed by atoms with E-state index in [-0.39, 0.29) is 27.4 Å². The van der Waals surface area contributed by atoms with E-state index in [2.05, 4.69) is 17.1 Å². The number of aromatic nitrogens is 2. The number of nitrogens with zero attached hydrogens (tertiary/aromatic N) is 5. The number of morpholine rings is 1. The lowest BCUT2D eigenvalue weighted by molar-refractivity contribution is 0.122. The number of nitrogens with two attached hydrogens (primary N) is 2. The second kappa shape index (κ2) is 8.11. The first-order chi connectivity index (χ1) is 15.0. The number of hydrogen-bond acceptors (Lipinski definition) is 9. The number of nitriles is 2. The van der Waals surface area contributed by atoms with Crippen molar-refractivity contribution in [2.24, 2.45) is 0 Å². The van der Waals surface area contributed by atoms with Crippen molar-refractivity contribution in [2.75, 3.05) is 49.8 Å². The number of pyridine rings is 2. The van der Waals surface area contributed by atoms with Crippen LogP contribution in [0, 0.1) is 27.3 Å². The Morgan fingerprint density at radius 3 is 2.29 bits per heavy atom. The van der Waals surface area contributed by atoms with Crippen molar-refractivity contribution >= 4 is 40.4 Å². The molecule has 3 heterocycles. The SMILES string of the molecule is COc1ccc(-n2c(N)c3c(N)nc(N4CCOCC4)c(C#N)c3c(C#N)c2=S)cc1. The van der Waals surface area contributed by atoms with E-state index in [4.69, 9.17) is 33.2 Å². The molecule has 31 heavy (non-hydrogen) atoms. The molecule has 0 spiro atoms. The predicted molar refractivity (Wildman–Crippen MR) is 120 cm³/mol. The summed E-state index contributed by atoms with van der Waals surface area (Å²) in [5.74, 6) is 1.41. The third kappa shape index (κ3) is 3.28. The van der Waals surface area contributed by atoms with E-state index in [0.29, 0.717) is 54.3 Å². The molecule has 0 radical (unpaired) electrons. The van der Waals surface area contributed by atoms with Gasteiger partial charge in [0, 0.05) is 24.2 Å². The van der Waals surface area contributed by atoms with Crippen LogP contribution in [0.1, 0.15) is 11.1 Å². The molecule has 0 bridgehead atoms. The van der Waals surface area contributed by atoms with E-state index in [0.717, 1.165) is 0 Å². The topological polar surface area (TPSA) is 139 Å². The molecule has 156 valence electrons. The number of ether oxygens (including phenoxy) is 2. The van der Waals surface area contributed by atoms with Crippen LogP contribution < -0.4 is 21.1 Å². The van der Waals surface area contributed by atoms with Gasteiger partial charge in [-0.15, -0.1) is 0 Å². The lowest BCUT2D eigenvalue weighted by Gasteiger charge is -2.29. The fourth-order valence-electron chi connectivity index (χ4n) is 3.74. The average molecular weight is 433 g/mol. The van der Waals surface area contributed by atoms with E-state index in [1.54, 1.807) is 35.9 Å². The monoisotopic (exact) mass is 433 g/mol. The maximum Gasteiger partial charge on any atom is 0.149 e. The van der Waals surface area contributed by atoms with Crippen LogP contribution in [0.4, 0.5) is 17.5 Å². The molecule has 1 aliphatic rings. The highest BCUT2D eigenvalue weighted by Gasteiger charge is 2.25. The molecule has 1 aliphatic heterocycles. The molecule has 0 aliphatic carbocycles. The van der Waals surface area contributed by atoms with Crippen molar-refractivity contribution in [1.82, 2.24) is 9.55 Å². The summed E-state index contributed by atoms with van der Waals surface area (Å²) in [5.41, 5.74) is 13.8. The Kier molecular flexibility index (Phi) is 5.34. The van der Waals surface area contributed by atoms with Crippen molar-refractivity contribution < 1.29 is 9.47 Å². The summed E-state index contributed by atoms with van der Waals surface area (Å²) in [6.45, 7) is 2.14. The molecular weight excluding hydrogens is 414 g/mol. The standard InChI is InChI=1S/C21H19N7O2S/c1-29-13-4-2-12(3-5-13)28-19(25)17-16(15(11-23)21(28)31)14(10-22)20(26-18(17)24)27-6-8-30-9-7-27/h2-5H,6-9,25H2,1H3,(H2,24,26). The highest BCUT2D eigenvalue weighted by Crippen LogP contribution is 2.38. The number of fused-ring (bicyclic) bond motifs is 1. The minimum absolute atomic E-state index is 0.127. The van der Waals surface area contributed by atoms with Gasteiger partial charge in [0.1, 0.15) is 45.5 Å². The van der Waals surface area contributed by atoms with Crippen molar-refractivity contribution in [3.63, 3.8) is 0 Å². The normalized spacial score (nSPS) is 13.6. The van der Waals surface area contributed by atoms with Gasteiger partial charge in [0.05, 0.1) is 31.3 Å². The molecule has 2 aromatic heterocycles. The first kappa shape index (κ1) is 20.4. The third-order valence-electron chi connectivity index (χ3n) is 5.23. The Morgan fingerprint density at radius 2 is 1.71 bits per heavy atom. The molecule has 0 atom stereocenters. The largest absolute Gasteiger partial charge is 0.497 e. The molecule has 4 rings (SSSR count). The minimum Gasteiger partial charge on any atom is -0.497 e. The van der Waals surface area contributed by atoms with Crippen molar-refractivity contribution in [2.45, 2.75) is 0 Å². The average Bonchev–Trinajstić information content (AvgIpc) is 2.80. The van der Waals surface area contributed by atoms with Gasteiger partial charge < -0.3 is 25.8 Å². The van der Waals surface area contributed by atoms with Gasteiger partial charge in [-0.05, 0) is 24.3 Å². The molecular formula is C21H19N7O2S. The minimum atomic E-state index is 0.127. The molecule has 1 aromatic carbocycles. The molecule has 0 saturated carbocycles. The van der Waals surface area contributed by atoms with Crippen LogP contribution in [0.25, 0.3) is 16.5 Å². The third-order valence-corrected chi connectivity index (χ3v) is 5.62. The van der Waals surface area contributed by atoms with E-state index in [9.17, 15) is 10.5 Å². The Bertz CT molecular complexity index is 1310. The lowest BCUT2D eigenvalue weighted by atomic mass is 10.0. The molecule has 3 aromatic rings. The number of hydrogen-bond donors (Lipinski definition) is 2. The molecule has 0 amide bonds. The van der Waals surface area contributed by atoms with Crippen LogP contribution in [0.5, 0.6) is 5.75 Å². The van der Waals surface area contributed by atoms with Gasteiger partial charge in [-0.25, -0.2) is 4.98 Å². The van der Waals surface area contributed by atoms with Crippen molar-refractivity contribution in [3.8, 4) is 23.6 Å². The van der Waals surface area contributed by atoms with Crippen LogP contribution >= 0.6 is 12.2 Å². The second-order valence-electron chi connectivity index (χ2n) is 6.87. The van der Waals surface area contributed by atoms with Crippen molar-refractivity contribution in [3.05, 3.63) is 40.0 Å². The smallest absolute Gasteiger partial charge is 0.149 e. The number of anilines is 3. The maximum atomic E-state index is 9.99. The predicted octanol–water partition coefficient (Wildman–Crippen LogP) is 2.51. The van der Waals surface area contributed by atoms with Crippen LogP contribution in [0.3, 0.4) is 0 Å². The Hall–Kier alpha value is -3.86. The molecule has 1 saturated heterocycles. The summed E-state index contributed by atoms with van der Waals surface area (Å²) >= 11 is 5.62. The summed E-state index contributed by atoms with van der Waals surface area (Å²) in [7, 11) is 1.57. The molecule has 10 heteroatoms. The van der Waals surface area contributed by atoms with Gasteiger partial charge in [0.25, 0.3) is 0 Å². The van der Waals surface area contributed by atoms with E-state index in [1.165, 1.54) is 0 Å². The van der Waals surface area contributed by atoms with Gasteiger partial charge in [0.2, 0.25) is 0 Å². The highest BCUT2D eigenvalue weighted by atomic mass is 32.1. The quantitative estimate of drug-likeness (QED) is 0.596. The maximum absolute atomic E-state index is 9.99. The van der Waals surface area contributed by atoms with E-state index >= 15 is 0 Å². The molecule has 1 fully saturated rings. The Balaban J connectivity index is 2.08. The van der Waals surface area contributed by atoms with Crippen LogP contribution in [0.15, 0.2) is 24.3 Å². The van der Waals surface area contributed by atoms with Crippen LogP contribution in [-0.2, 0) is 4.74 Å². The zero-order valence-electron chi connectivity index (χ0n) is 16.8. The first-order valence-electron chi connectivity index (χ1n) is 9.46. The van der Waals surface area contributed by atoms with Gasteiger partial charge in [-0.3, -0.25) is 4.57 Å². The van der Waals surface area contributed by atoms with Crippen molar-refractivity contribution in [1.29, 1.82) is 10.5 Å². The first-order valence-corrected chi connectivity index (χ1v) is 9.87. The molecule has 4 N–H and O–H groups in total. The van der Waals surface area contributed by atoms with Gasteiger partial charge >= 0.3 is 0 Å². The van der Waals surface area contributed by atoms with Gasteiger partial charge in [-0.2, -0.15) is 10.5 Å². The number of methoxy groups -OCH3 is 1. The molecule has 9 nitrogen and oxygen atoms in total. The Labute approximate surface area is 183 Å². The van der Waals surface area contributed by atoms with Gasteiger partial charge in [0.15, 0.2) is 0 Å². The zero-order chi connectivity index (χ0) is 22.1. The molecule has 0 unspecified atom stereocenters. The van der Waals surface area contributed by atoms with Crippen LogP contribution in [-0.4, -0.2) is 43.0 Å². The second-order valence-corrected chi connectivity index (χ2v) is 7.25. The van der Waals surface area contributed by atoms with Crippen LogP contribution in [0.2, 0.25) is 0 Å². The number of rotatable bonds is 3. The van der Waals surface area contributed by atoms with Gasteiger partial charge in [-0.1, -0.05) is 12.2 Å². The Morgan fingerprint density at radius 1 is 1.06 bits per heavy atom. The summed E-state index contributed by atoms with van der Waals surface area (Å²) in [6, 6.07) is 11.4. The summed E-state index contributed by atoms with van der Waals surface area (Å²) < 4.78 is 12.3. The fraction of sp³-hybridized carbons (Fsp3) is 0.238. The van der Waals surface area contributed by atoms with E-state index in [1.807, 2.05) is 4.90 Å². The number of benzene rings is 1. The summed E-state index contributed by atoms with van der Waals surface area (Å²) in [4.78, 5) is 6.41. The van der Waals surface area contributed by atoms with E-state index < -0.39 is 0 Å². The fourth-order valence-corrected chi connectivity index (χ4v) is 4.09. The lowest BCUT2D eigenvalue weighted by Crippen LogP contribution is -2.37. The summed E-state index contributed by atoms with van der Waals surface area (Å²) in [5, 5.41) is 20.6. The summed E-state index contributed by atoms with van der Waals surface area (Å²) in [6.07, 6.45) is 0. The number of nitrogen functional groups attached to an aromatic ring is 2.